The molecule has 0 aliphatic carbocycles. The summed E-state index contributed by atoms with van der Waals surface area (Å²) in [6.07, 6.45) is 2.16. The number of nitrogens with two attached hydrogens (primary N) is 1. The lowest BCUT2D eigenvalue weighted by atomic mass is 9.96. The summed E-state index contributed by atoms with van der Waals surface area (Å²) in [6.45, 7) is 7.34. The van der Waals surface area contributed by atoms with Crippen molar-refractivity contribution in [1.29, 1.82) is 0 Å². The van der Waals surface area contributed by atoms with Gasteiger partial charge in [0.1, 0.15) is 5.75 Å². The van der Waals surface area contributed by atoms with Gasteiger partial charge in [0.25, 0.3) is 0 Å². The molecular formula is C15H25NO. The summed E-state index contributed by atoms with van der Waals surface area (Å²) in [4.78, 5) is 0. The van der Waals surface area contributed by atoms with E-state index in [0.29, 0.717) is 11.8 Å². The van der Waals surface area contributed by atoms with E-state index in [4.69, 9.17) is 10.5 Å². The number of hydrogen-bond acceptors (Lipinski definition) is 2. The first-order valence-electron chi connectivity index (χ1n) is 6.45. The van der Waals surface area contributed by atoms with Crippen molar-refractivity contribution in [3.05, 3.63) is 29.3 Å². The van der Waals surface area contributed by atoms with Crippen molar-refractivity contribution in [2.24, 2.45) is 11.7 Å². The number of ether oxygens (including phenoxy) is 1. The number of aryl methyl sites for hydroxylation is 1. The Morgan fingerprint density at radius 3 is 2.47 bits per heavy atom. The van der Waals surface area contributed by atoms with E-state index in [9.17, 15) is 0 Å². The fraction of sp³-hybridized carbons (Fsp3) is 0.600. The quantitative estimate of drug-likeness (QED) is 0.820. The van der Waals surface area contributed by atoms with E-state index in [1.54, 1.807) is 7.11 Å². The predicted octanol–water partition coefficient (Wildman–Crippen LogP) is 3.35. The standard InChI is InChI=1S/C15H25NO/c1-11(2)14-8-7-13(15(9-14)17-4)6-5-12(3)10-16/h7-9,11-12H,5-6,10,16H2,1-4H3. The number of rotatable bonds is 6. The lowest BCUT2D eigenvalue weighted by molar-refractivity contribution is 0.406. The van der Waals surface area contributed by atoms with Crippen LogP contribution in [0.1, 0.15) is 44.2 Å². The second-order valence-electron chi connectivity index (χ2n) is 5.11. The van der Waals surface area contributed by atoms with Gasteiger partial charge in [-0.05, 0) is 48.4 Å². The van der Waals surface area contributed by atoms with Gasteiger partial charge in [-0.15, -0.1) is 0 Å². The van der Waals surface area contributed by atoms with E-state index < -0.39 is 0 Å². The number of benzene rings is 1. The SMILES string of the molecule is COc1cc(C(C)C)ccc1CCC(C)CN. The molecule has 0 aromatic heterocycles. The minimum absolute atomic E-state index is 0.543. The van der Waals surface area contributed by atoms with Crippen molar-refractivity contribution in [1.82, 2.24) is 0 Å². The Kier molecular flexibility index (Phi) is 5.49. The summed E-state index contributed by atoms with van der Waals surface area (Å²) in [7, 11) is 1.75. The summed E-state index contributed by atoms with van der Waals surface area (Å²) >= 11 is 0. The van der Waals surface area contributed by atoms with E-state index in [1.807, 2.05) is 0 Å². The van der Waals surface area contributed by atoms with Crippen LogP contribution in [-0.4, -0.2) is 13.7 Å². The van der Waals surface area contributed by atoms with Crippen molar-refractivity contribution in [3.8, 4) is 5.75 Å². The fourth-order valence-electron chi connectivity index (χ4n) is 1.85. The second kappa shape index (κ2) is 6.65. The third-order valence-electron chi connectivity index (χ3n) is 3.29. The van der Waals surface area contributed by atoms with Crippen LogP contribution in [-0.2, 0) is 6.42 Å². The highest BCUT2D eigenvalue weighted by molar-refractivity contribution is 5.38. The van der Waals surface area contributed by atoms with Crippen LogP contribution < -0.4 is 10.5 Å². The zero-order chi connectivity index (χ0) is 12.8. The molecule has 2 N–H and O–H groups in total. The van der Waals surface area contributed by atoms with Gasteiger partial charge in [0, 0.05) is 0 Å². The van der Waals surface area contributed by atoms with Gasteiger partial charge >= 0.3 is 0 Å². The second-order valence-corrected chi connectivity index (χ2v) is 5.11. The number of methoxy groups -OCH3 is 1. The maximum absolute atomic E-state index is 5.64. The van der Waals surface area contributed by atoms with Crippen molar-refractivity contribution < 1.29 is 4.74 Å². The first-order valence-corrected chi connectivity index (χ1v) is 6.45. The molecule has 0 fully saturated rings. The Labute approximate surface area is 105 Å². The lowest BCUT2D eigenvalue weighted by Gasteiger charge is -2.14. The molecule has 0 saturated heterocycles. The highest BCUT2D eigenvalue weighted by Gasteiger charge is 2.08. The predicted molar refractivity (Wildman–Crippen MR) is 73.6 cm³/mol. The van der Waals surface area contributed by atoms with Crippen LogP contribution in [0.5, 0.6) is 5.75 Å². The Bertz CT molecular complexity index is 347. The highest BCUT2D eigenvalue weighted by Crippen LogP contribution is 2.26. The summed E-state index contributed by atoms with van der Waals surface area (Å²) in [5.41, 5.74) is 8.26. The van der Waals surface area contributed by atoms with Crippen LogP contribution in [0.4, 0.5) is 0 Å². The fourth-order valence-corrected chi connectivity index (χ4v) is 1.85. The Balaban J connectivity index is 2.78. The molecule has 1 aromatic rings. The molecule has 0 bridgehead atoms. The highest BCUT2D eigenvalue weighted by atomic mass is 16.5. The first kappa shape index (κ1) is 14.0. The Morgan fingerprint density at radius 2 is 1.94 bits per heavy atom. The van der Waals surface area contributed by atoms with Gasteiger partial charge in [0.05, 0.1) is 7.11 Å². The van der Waals surface area contributed by atoms with E-state index >= 15 is 0 Å². The molecule has 0 heterocycles. The molecule has 2 heteroatoms. The molecule has 0 aliphatic rings. The summed E-state index contributed by atoms with van der Waals surface area (Å²) in [6, 6.07) is 6.56. The maximum atomic E-state index is 5.64. The van der Waals surface area contributed by atoms with Gasteiger partial charge in [-0.1, -0.05) is 32.9 Å². The minimum atomic E-state index is 0.543. The summed E-state index contributed by atoms with van der Waals surface area (Å²) in [5.74, 6) is 2.13. The van der Waals surface area contributed by atoms with Crippen LogP contribution >= 0.6 is 0 Å². The molecule has 1 rings (SSSR count). The molecule has 1 aromatic carbocycles. The van der Waals surface area contributed by atoms with Gasteiger partial charge in [-0.25, -0.2) is 0 Å². The van der Waals surface area contributed by atoms with Crippen LogP contribution in [0.3, 0.4) is 0 Å². The molecule has 17 heavy (non-hydrogen) atoms. The van der Waals surface area contributed by atoms with Crippen LogP contribution in [0.25, 0.3) is 0 Å². The Morgan fingerprint density at radius 1 is 1.24 bits per heavy atom. The molecular weight excluding hydrogens is 210 g/mol. The van der Waals surface area contributed by atoms with Gasteiger partial charge < -0.3 is 10.5 Å². The van der Waals surface area contributed by atoms with Crippen molar-refractivity contribution in [3.63, 3.8) is 0 Å². The molecule has 0 amide bonds. The topological polar surface area (TPSA) is 35.2 Å². The molecule has 0 spiro atoms. The average Bonchev–Trinajstić information content (AvgIpc) is 2.35. The Hall–Kier alpha value is -1.02. The monoisotopic (exact) mass is 235 g/mol. The molecule has 0 aliphatic heterocycles. The van der Waals surface area contributed by atoms with E-state index in [-0.39, 0.29) is 0 Å². The van der Waals surface area contributed by atoms with E-state index in [0.717, 1.165) is 25.1 Å². The van der Waals surface area contributed by atoms with Crippen LogP contribution in [0.15, 0.2) is 18.2 Å². The molecule has 0 radical (unpaired) electrons. The van der Waals surface area contributed by atoms with Crippen molar-refractivity contribution in [2.75, 3.05) is 13.7 Å². The first-order chi connectivity index (χ1) is 8.08. The van der Waals surface area contributed by atoms with Crippen molar-refractivity contribution in [2.45, 2.75) is 39.5 Å². The normalized spacial score (nSPS) is 12.8. The summed E-state index contributed by atoms with van der Waals surface area (Å²) < 4.78 is 5.47. The molecule has 2 nitrogen and oxygen atoms in total. The van der Waals surface area contributed by atoms with Gasteiger partial charge in [-0.2, -0.15) is 0 Å². The molecule has 1 atom stereocenters. The van der Waals surface area contributed by atoms with Crippen molar-refractivity contribution >= 4 is 0 Å². The van der Waals surface area contributed by atoms with E-state index in [2.05, 4.69) is 39.0 Å². The third-order valence-corrected chi connectivity index (χ3v) is 3.29. The van der Waals surface area contributed by atoms with Crippen LogP contribution in [0.2, 0.25) is 0 Å². The smallest absolute Gasteiger partial charge is 0.122 e. The minimum Gasteiger partial charge on any atom is -0.496 e. The molecule has 0 saturated carbocycles. The number of hydrogen-bond donors (Lipinski definition) is 1. The van der Waals surface area contributed by atoms with Gasteiger partial charge in [0.15, 0.2) is 0 Å². The molecule has 96 valence electrons. The lowest BCUT2D eigenvalue weighted by Crippen LogP contribution is -2.11. The zero-order valence-electron chi connectivity index (χ0n) is 11.5. The average molecular weight is 235 g/mol. The molecule has 1 unspecified atom stereocenters. The van der Waals surface area contributed by atoms with Gasteiger partial charge in [0.2, 0.25) is 0 Å². The summed E-state index contributed by atoms with van der Waals surface area (Å²) in [5, 5.41) is 0. The zero-order valence-corrected chi connectivity index (χ0v) is 11.5. The van der Waals surface area contributed by atoms with Gasteiger partial charge in [-0.3, -0.25) is 0 Å². The maximum Gasteiger partial charge on any atom is 0.122 e. The third kappa shape index (κ3) is 4.04. The van der Waals surface area contributed by atoms with Crippen LogP contribution in [0, 0.1) is 5.92 Å². The largest absolute Gasteiger partial charge is 0.496 e. The van der Waals surface area contributed by atoms with E-state index in [1.165, 1.54) is 11.1 Å².